The lowest BCUT2D eigenvalue weighted by atomic mass is 9.48. The number of ketones is 1. The van der Waals surface area contributed by atoms with Crippen molar-refractivity contribution < 1.29 is 14.3 Å². The molecule has 0 radical (unpaired) electrons. The molecule has 7 atom stereocenters. The van der Waals surface area contributed by atoms with Gasteiger partial charge in [0.15, 0.2) is 6.29 Å². The Bertz CT molecular complexity index is 634. The van der Waals surface area contributed by atoms with E-state index in [-0.39, 0.29) is 11.7 Å². The minimum absolute atomic E-state index is 0.0124. The fourth-order valence-corrected chi connectivity index (χ4v) is 7.55. The largest absolute Gasteiger partial charge is 0.353 e. The van der Waals surface area contributed by atoms with Crippen molar-refractivity contribution in [3.05, 3.63) is 11.6 Å². The predicted octanol–water partition coefficient (Wildman–Crippen LogP) is 5.43. The number of carbonyl (C=O) groups excluding carboxylic acids is 1. The molecule has 0 N–H and O–H groups in total. The van der Waals surface area contributed by atoms with Crippen LogP contribution in [-0.4, -0.2) is 24.8 Å². The van der Waals surface area contributed by atoms with E-state index in [2.05, 4.69) is 19.9 Å². The summed E-state index contributed by atoms with van der Waals surface area (Å²) in [7, 11) is 0. The maximum atomic E-state index is 12.6. The Balaban J connectivity index is 1.32. The summed E-state index contributed by atoms with van der Waals surface area (Å²) >= 11 is 0. The third-order valence-corrected chi connectivity index (χ3v) is 9.25. The lowest BCUT2D eigenvalue weighted by Crippen LogP contribution is -2.50. The van der Waals surface area contributed by atoms with Crippen LogP contribution >= 0.6 is 0 Å². The lowest BCUT2D eigenvalue weighted by molar-refractivity contribution is -0.195. The number of fused-ring (bicyclic) bond motifs is 5. The molecule has 1 saturated heterocycles. The maximum absolute atomic E-state index is 12.6. The molecule has 1 heterocycles. The molecule has 3 nitrogen and oxygen atoms in total. The van der Waals surface area contributed by atoms with E-state index in [0.29, 0.717) is 23.2 Å². The first-order chi connectivity index (χ1) is 13.0. The molecule has 4 fully saturated rings. The molecule has 0 amide bonds. The van der Waals surface area contributed by atoms with E-state index in [1.807, 2.05) is 0 Å². The van der Waals surface area contributed by atoms with Gasteiger partial charge in [0.25, 0.3) is 0 Å². The summed E-state index contributed by atoms with van der Waals surface area (Å²) in [6.07, 6.45) is 15.4. The van der Waals surface area contributed by atoms with Crippen LogP contribution in [0.25, 0.3) is 0 Å². The first-order valence-electron chi connectivity index (χ1n) is 11.5. The highest BCUT2D eigenvalue weighted by Gasteiger charge is 2.58. The molecule has 1 aliphatic heterocycles. The van der Waals surface area contributed by atoms with Crippen molar-refractivity contribution in [3.8, 4) is 0 Å². The third-order valence-electron chi connectivity index (χ3n) is 9.25. The zero-order chi connectivity index (χ0) is 18.6. The molecule has 0 aromatic rings. The van der Waals surface area contributed by atoms with Crippen molar-refractivity contribution in [1.82, 2.24) is 0 Å². The van der Waals surface area contributed by atoms with Gasteiger partial charge in [0.1, 0.15) is 5.78 Å². The van der Waals surface area contributed by atoms with Gasteiger partial charge in [-0.25, -0.2) is 0 Å². The number of Topliss-reactive ketones (excluding diaryl/α,β-unsaturated/α-hetero) is 1. The Morgan fingerprint density at radius 3 is 2.67 bits per heavy atom. The summed E-state index contributed by atoms with van der Waals surface area (Å²) in [5, 5.41) is 0. The van der Waals surface area contributed by atoms with E-state index in [0.717, 1.165) is 57.0 Å². The molecule has 27 heavy (non-hydrogen) atoms. The molecule has 0 bridgehead atoms. The van der Waals surface area contributed by atoms with Crippen molar-refractivity contribution in [2.24, 2.45) is 28.6 Å². The molecule has 0 aromatic heterocycles. The highest BCUT2D eigenvalue weighted by atomic mass is 16.7. The predicted molar refractivity (Wildman–Crippen MR) is 105 cm³/mol. The van der Waals surface area contributed by atoms with Gasteiger partial charge in [-0.3, -0.25) is 4.79 Å². The summed E-state index contributed by atoms with van der Waals surface area (Å²) in [4.78, 5) is 12.6. The lowest BCUT2D eigenvalue weighted by Gasteiger charge is -2.57. The maximum Gasteiger partial charge on any atom is 0.157 e. The van der Waals surface area contributed by atoms with Gasteiger partial charge in [0, 0.05) is 18.4 Å². The minimum atomic E-state index is -0.0124. The third kappa shape index (κ3) is 2.87. The summed E-state index contributed by atoms with van der Waals surface area (Å²) in [6, 6.07) is 0. The van der Waals surface area contributed by atoms with Gasteiger partial charge in [-0.2, -0.15) is 0 Å². The van der Waals surface area contributed by atoms with Crippen LogP contribution in [0.4, 0.5) is 0 Å². The van der Waals surface area contributed by atoms with E-state index in [4.69, 9.17) is 9.47 Å². The minimum Gasteiger partial charge on any atom is -0.353 e. The number of carbonyl (C=O) groups is 1. The Kier molecular flexibility index (Phi) is 4.55. The number of allylic oxidation sites excluding steroid dienone is 1. The van der Waals surface area contributed by atoms with Crippen molar-refractivity contribution in [2.45, 2.75) is 96.9 Å². The second-order valence-corrected chi connectivity index (χ2v) is 10.5. The topological polar surface area (TPSA) is 35.5 Å². The van der Waals surface area contributed by atoms with Crippen LogP contribution in [-0.2, 0) is 14.3 Å². The molecule has 5 rings (SSSR count). The van der Waals surface area contributed by atoms with E-state index < -0.39 is 0 Å². The van der Waals surface area contributed by atoms with E-state index in [1.165, 1.54) is 32.1 Å². The fraction of sp³-hybridized carbons (Fsp3) is 0.875. The van der Waals surface area contributed by atoms with Gasteiger partial charge in [-0.1, -0.05) is 25.5 Å². The van der Waals surface area contributed by atoms with Gasteiger partial charge in [-0.05, 0) is 87.4 Å². The SMILES string of the molecule is C[C@]12CCC(OC3CCCCO3)CC1=CC[C@@H]1[C@@H]2CC[C@]2(C)C(=O)CC[C@@H]12. The molecule has 5 aliphatic rings. The Morgan fingerprint density at radius 2 is 1.85 bits per heavy atom. The first-order valence-corrected chi connectivity index (χ1v) is 11.5. The zero-order valence-corrected chi connectivity index (χ0v) is 17.2. The molecule has 4 aliphatic carbocycles. The smallest absolute Gasteiger partial charge is 0.157 e. The van der Waals surface area contributed by atoms with Crippen LogP contribution < -0.4 is 0 Å². The number of rotatable bonds is 2. The monoisotopic (exact) mass is 372 g/mol. The van der Waals surface area contributed by atoms with Crippen molar-refractivity contribution in [2.75, 3.05) is 6.61 Å². The molecular formula is C24H36O3. The molecule has 2 unspecified atom stereocenters. The summed E-state index contributed by atoms with van der Waals surface area (Å²) in [5.74, 6) is 2.68. The normalized spacial score (nSPS) is 49.8. The molecule has 0 spiro atoms. The molecule has 0 aromatic carbocycles. The number of hydrogen-bond donors (Lipinski definition) is 0. The van der Waals surface area contributed by atoms with Crippen LogP contribution in [0.2, 0.25) is 0 Å². The molecule has 3 heteroatoms. The van der Waals surface area contributed by atoms with Gasteiger partial charge in [-0.15, -0.1) is 0 Å². The van der Waals surface area contributed by atoms with E-state index in [1.54, 1.807) is 5.57 Å². The standard InChI is InChI=1S/C24H36O3/c1-23-12-10-17(27-22-5-3-4-14-26-22)15-16(23)6-7-18-19-8-9-21(25)24(19,2)13-11-20(18)23/h6,17-20,22H,3-5,7-15H2,1-2H3/t17?,18-,19-,20-,22?,23-,24-/m0/s1. The Hall–Kier alpha value is -0.670. The van der Waals surface area contributed by atoms with Gasteiger partial charge in [0.2, 0.25) is 0 Å². The molecule has 150 valence electrons. The van der Waals surface area contributed by atoms with Crippen molar-refractivity contribution >= 4 is 5.78 Å². The number of hydrogen-bond acceptors (Lipinski definition) is 3. The Morgan fingerprint density at radius 1 is 1.04 bits per heavy atom. The number of ether oxygens (including phenoxy) is 2. The van der Waals surface area contributed by atoms with Crippen LogP contribution in [0, 0.1) is 28.6 Å². The average Bonchev–Trinajstić information content (AvgIpc) is 2.98. The van der Waals surface area contributed by atoms with Crippen LogP contribution in [0.15, 0.2) is 11.6 Å². The summed E-state index contributed by atoms with van der Waals surface area (Å²) in [6.45, 7) is 5.67. The zero-order valence-electron chi connectivity index (χ0n) is 17.2. The average molecular weight is 373 g/mol. The fourth-order valence-electron chi connectivity index (χ4n) is 7.55. The van der Waals surface area contributed by atoms with E-state index >= 15 is 0 Å². The van der Waals surface area contributed by atoms with Crippen LogP contribution in [0.3, 0.4) is 0 Å². The summed E-state index contributed by atoms with van der Waals surface area (Å²) in [5.41, 5.74) is 1.98. The molecule has 3 saturated carbocycles. The van der Waals surface area contributed by atoms with Crippen molar-refractivity contribution in [3.63, 3.8) is 0 Å². The van der Waals surface area contributed by atoms with Crippen molar-refractivity contribution in [1.29, 1.82) is 0 Å². The molecular weight excluding hydrogens is 336 g/mol. The van der Waals surface area contributed by atoms with E-state index in [9.17, 15) is 4.79 Å². The summed E-state index contributed by atoms with van der Waals surface area (Å²) < 4.78 is 12.2. The van der Waals surface area contributed by atoms with Gasteiger partial charge in [0.05, 0.1) is 6.10 Å². The quantitative estimate of drug-likeness (QED) is 0.606. The van der Waals surface area contributed by atoms with Gasteiger partial charge >= 0.3 is 0 Å². The van der Waals surface area contributed by atoms with Crippen LogP contribution in [0.1, 0.15) is 84.5 Å². The highest BCUT2D eigenvalue weighted by Crippen LogP contribution is 2.64. The highest BCUT2D eigenvalue weighted by molar-refractivity contribution is 5.87. The second-order valence-electron chi connectivity index (χ2n) is 10.5. The first kappa shape index (κ1) is 18.4. The van der Waals surface area contributed by atoms with Crippen LogP contribution in [0.5, 0.6) is 0 Å². The van der Waals surface area contributed by atoms with Gasteiger partial charge < -0.3 is 9.47 Å². The Labute approximate surface area is 164 Å². The second kappa shape index (κ2) is 6.69.